The molecule has 8 heteroatoms. The van der Waals surface area contributed by atoms with Gasteiger partial charge < -0.3 is 9.15 Å². The summed E-state index contributed by atoms with van der Waals surface area (Å²) < 4.78 is 10.4. The molecular formula is C21H18ClNO6. The zero-order valence-electron chi connectivity index (χ0n) is 15.6. The quantitative estimate of drug-likeness (QED) is 0.330. The molecule has 2 amide bonds. The molecule has 150 valence electrons. The minimum atomic E-state index is -0.724. The van der Waals surface area contributed by atoms with Gasteiger partial charge in [-0.1, -0.05) is 23.8 Å². The van der Waals surface area contributed by atoms with Crippen molar-refractivity contribution in [3.05, 3.63) is 56.9 Å². The first kappa shape index (κ1) is 19.4. The highest BCUT2D eigenvalue weighted by Crippen LogP contribution is 2.35. The summed E-state index contributed by atoms with van der Waals surface area (Å²) in [5.41, 5.74) is 0.945. The Balaban J connectivity index is 1.48. The van der Waals surface area contributed by atoms with Gasteiger partial charge in [-0.05, 0) is 37.5 Å². The van der Waals surface area contributed by atoms with Crippen LogP contribution in [0.2, 0.25) is 5.02 Å². The van der Waals surface area contributed by atoms with Gasteiger partial charge >= 0.3 is 11.6 Å². The predicted molar refractivity (Wildman–Crippen MR) is 104 cm³/mol. The van der Waals surface area contributed by atoms with Gasteiger partial charge in [0.15, 0.2) is 0 Å². The number of ether oxygens (including phenoxy) is 1. The van der Waals surface area contributed by atoms with Crippen molar-refractivity contribution in [1.82, 2.24) is 4.90 Å². The number of rotatable bonds is 4. The number of benzene rings is 1. The number of esters is 1. The summed E-state index contributed by atoms with van der Waals surface area (Å²) in [6.07, 6.45) is 4.78. The van der Waals surface area contributed by atoms with E-state index in [1.54, 1.807) is 19.1 Å². The lowest BCUT2D eigenvalue weighted by molar-refractivity contribution is -0.153. The van der Waals surface area contributed by atoms with Crippen LogP contribution in [0.1, 0.15) is 24.0 Å². The second kappa shape index (κ2) is 7.48. The van der Waals surface area contributed by atoms with Crippen LogP contribution in [0.15, 0.2) is 39.6 Å². The number of nitrogens with zero attached hydrogens (tertiary/aromatic N) is 1. The lowest BCUT2D eigenvalue weighted by Gasteiger charge is -2.14. The molecule has 2 atom stereocenters. The van der Waals surface area contributed by atoms with Gasteiger partial charge in [0.1, 0.15) is 18.7 Å². The number of halogens is 1. The zero-order valence-corrected chi connectivity index (χ0v) is 16.4. The monoisotopic (exact) mass is 415 g/mol. The van der Waals surface area contributed by atoms with E-state index in [2.05, 4.69) is 0 Å². The molecule has 1 saturated heterocycles. The Bertz CT molecular complexity index is 1090. The van der Waals surface area contributed by atoms with Crippen LogP contribution in [0.25, 0.3) is 11.0 Å². The van der Waals surface area contributed by atoms with E-state index in [0.717, 1.165) is 10.5 Å². The van der Waals surface area contributed by atoms with Crippen molar-refractivity contribution in [3.8, 4) is 0 Å². The van der Waals surface area contributed by atoms with Gasteiger partial charge in [-0.25, -0.2) is 4.79 Å². The Morgan fingerprint density at radius 1 is 1.14 bits per heavy atom. The van der Waals surface area contributed by atoms with Gasteiger partial charge in [0.25, 0.3) is 0 Å². The smallest absolute Gasteiger partial charge is 0.336 e. The van der Waals surface area contributed by atoms with Crippen LogP contribution < -0.4 is 5.63 Å². The first-order valence-corrected chi connectivity index (χ1v) is 9.61. The standard InChI is InChI=1S/C21H18ClNO6/c1-11-6-17-15(8-16(11)22)12(7-18(24)29-17)10-28-19(25)9-23-20(26)13-4-2-3-5-14(13)21(23)27/h2-3,6-8,13-14H,4-5,9-10H2,1H3/t13-,14+. The third-order valence-corrected chi connectivity index (χ3v) is 5.79. The number of imide groups is 1. The largest absolute Gasteiger partial charge is 0.459 e. The molecule has 2 aromatic rings. The Labute approximate surface area is 170 Å². The topological polar surface area (TPSA) is 93.9 Å². The van der Waals surface area contributed by atoms with Crippen molar-refractivity contribution < 1.29 is 23.5 Å². The lowest BCUT2D eigenvalue weighted by atomic mass is 9.85. The van der Waals surface area contributed by atoms with E-state index in [-0.39, 0.29) is 18.4 Å². The van der Waals surface area contributed by atoms with Crippen molar-refractivity contribution in [3.63, 3.8) is 0 Å². The van der Waals surface area contributed by atoms with Gasteiger partial charge in [0.2, 0.25) is 11.8 Å². The Morgan fingerprint density at radius 3 is 2.45 bits per heavy atom. The molecule has 0 N–H and O–H groups in total. The van der Waals surface area contributed by atoms with Crippen molar-refractivity contribution in [2.24, 2.45) is 11.8 Å². The number of amides is 2. The molecule has 4 rings (SSSR count). The van der Waals surface area contributed by atoms with Crippen LogP contribution in [-0.4, -0.2) is 29.2 Å². The molecular weight excluding hydrogens is 398 g/mol. The minimum absolute atomic E-state index is 0.203. The van der Waals surface area contributed by atoms with E-state index in [0.29, 0.717) is 34.4 Å². The molecule has 2 aliphatic rings. The average Bonchev–Trinajstić information content (AvgIpc) is 2.93. The maximum atomic E-state index is 12.4. The van der Waals surface area contributed by atoms with Crippen molar-refractivity contribution in [2.45, 2.75) is 26.4 Å². The first-order chi connectivity index (χ1) is 13.8. The van der Waals surface area contributed by atoms with Crippen LogP contribution in [0.4, 0.5) is 0 Å². The number of fused-ring (bicyclic) bond motifs is 2. The third kappa shape index (κ3) is 3.58. The van der Waals surface area contributed by atoms with Crippen molar-refractivity contribution in [2.75, 3.05) is 6.54 Å². The maximum Gasteiger partial charge on any atom is 0.336 e. The van der Waals surface area contributed by atoms with Gasteiger partial charge in [-0.15, -0.1) is 0 Å². The molecule has 0 unspecified atom stereocenters. The molecule has 7 nitrogen and oxygen atoms in total. The molecule has 0 bridgehead atoms. The van der Waals surface area contributed by atoms with Crippen LogP contribution in [0, 0.1) is 18.8 Å². The van der Waals surface area contributed by atoms with Gasteiger partial charge in [0, 0.05) is 22.0 Å². The van der Waals surface area contributed by atoms with Crippen molar-refractivity contribution in [1.29, 1.82) is 0 Å². The van der Waals surface area contributed by atoms with E-state index < -0.39 is 30.0 Å². The van der Waals surface area contributed by atoms with E-state index in [1.807, 2.05) is 12.2 Å². The Morgan fingerprint density at radius 2 is 1.79 bits per heavy atom. The van der Waals surface area contributed by atoms with Crippen LogP contribution in [0.5, 0.6) is 0 Å². The van der Waals surface area contributed by atoms with Gasteiger partial charge in [0.05, 0.1) is 11.8 Å². The number of allylic oxidation sites excluding steroid dienone is 2. The molecule has 1 aromatic heterocycles. The molecule has 0 radical (unpaired) electrons. The molecule has 1 aromatic carbocycles. The third-order valence-electron chi connectivity index (χ3n) is 5.38. The van der Waals surface area contributed by atoms with Crippen LogP contribution in [-0.2, 0) is 25.7 Å². The molecule has 1 aliphatic heterocycles. The van der Waals surface area contributed by atoms with E-state index in [4.69, 9.17) is 20.8 Å². The Hall–Kier alpha value is -2.93. The maximum absolute atomic E-state index is 12.4. The van der Waals surface area contributed by atoms with Gasteiger partial charge in [-0.2, -0.15) is 0 Å². The zero-order chi connectivity index (χ0) is 20.7. The summed E-state index contributed by atoms with van der Waals surface area (Å²) >= 11 is 6.15. The molecule has 1 aliphatic carbocycles. The number of aryl methyl sites for hydroxylation is 1. The summed E-state index contributed by atoms with van der Waals surface area (Å²) in [6.45, 7) is 1.14. The number of hydrogen-bond acceptors (Lipinski definition) is 6. The fraction of sp³-hybridized carbons (Fsp3) is 0.333. The Kier molecular flexibility index (Phi) is 5.00. The molecule has 0 saturated carbocycles. The van der Waals surface area contributed by atoms with E-state index in [9.17, 15) is 19.2 Å². The second-order valence-electron chi connectivity index (χ2n) is 7.27. The molecule has 1 fully saturated rings. The molecule has 29 heavy (non-hydrogen) atoms. The highest BCUT2D eigenvalue weighted by molar-refractivity contribution is 6.32. The lowest BCUT2D eigenvalue weighted by Crippen LogP contribution is -2.36. The number of carbonyl (C=O) groups excluding carboxylic acids is 3. The first-order valence-electron chi connectivity index (χ1n) is 9.24. The number of likely N-dealkylation sites (tertiary alicyclic amines) is 1. The highest BCUT2D eigenvalue weighted by Gasteiger charge is 2.47. The van der Waals surface area contributed by atoms with Crippen molar-refractivity contribution >= 4 is 40.4 Å². The SMILES string of the molecule is Cc1cc2oc(=O)cc(COC(=O)CN3C(=O)[C@H]4CC=CC[C@H]4C3=O)c2cc1Cl. The normalized spacial score (nSPS) is 21.0. The van der Waals surface area contributed by atoms with Crippen LogP contribution in [0.3, 0.4) is 0 Å². The average molecular weight is 416 g/mol. The van der Waals surface area contributed by atoms with E-state index >= 15 is 0 Å². The summed E-state index contributed by atoms with van der Waals surface area (Å²) in [5.74, 6) is -2.19. The summed E-state index contributed by atoms with van der Waals surface area (Å²) in [4.78, 5) is 50.0. The predicted octanol–water partition coefficient (Wildman–Crippen LogP) is 2.75. The molecule has 2 heterocycles. The minimum Gasteiger partial charge on any atom is -0.459 e. The summed E-state index contributed by atoms with van der Waals surface area (Å²) in [6, 6.07) is 4.51. The molecule has 0 spiro atoms. The van der Waals surface area contributed by atoms with E-state index in [1.165, 1.54) is 6.07 Å². The fourth-order valence-corrected chi connectivity index (χ4v) is 3.99. The van der Waals surface area contributed by atoms with Crippen LogP contribution >= 0.6 is 11.6 Å². The van der Waals surface area contributed by atoms with Gasteiger partial charge in [-0.3, -0.25) is 19.3 Å². The fourth-order valence-electron chi connectivity index (χ4n) is 3.83. The summed E-state index contributed by atoms with van der Waals surface area (Å²) in [7, 11) is 0. The number of carbonyl (C=O) groups is 3. The highest BCUT2D eigenvalue weighted by atomic mass is 35.5. The summed E-state index contributed by atoms with van der Waals surface area (Å²) in [5, 5.41) is 1.04. The number of hydrogen-bond donors (Lipinski definition) is 0. The second-order valence-corrected chi connectivity index (χ2v) is 7.67.